The number of para-hydroxylation sites is 1. The third-order valence-corrected chi connectivity index (χ3v) is 6.96. The predicted molar refractivity (Wildman–Crippen MR) is 127 cm³/mol. The second kappa shape index (κ2) is 9.58. The zero-order chi connectivity index (χ0) is 22.4. The Morgan fingerprint density at radius 2 is 1.47 bits per heavy atom. The average molecular weight is 429 g/mol. The summed E-state index contributed by atoms with van der Waals surface area (Å²) in [5.74, 6) is 0.472. The molecular formula is C28H32N2O2. The van der Waals surface area contributed by atoms with Crippen LogP contribution in [0.25, 0.3) is 0 Å². The molecule has 0 radical (unpaired) electrons. The third-order valence-electron chi connectivity index (χ3n) is 6.96. The number of ether oxygens (including phenoxy) is 1. The number of quaternary nitrogens is 1. The van der Waals surface area contributed by atoms with Gasteiger partial charge >= 0.3 is 0 Å². The van der Waals surface area contributed by atoms with Gasteiger partial charge in [0.1, 0.15) is 5.75 Å². The number of hydrogen-bond acceptors (Lipinski definition) is 3. The molecule has 0 bridgehead atoms. The van der Waals surface area contributed by atoms with Gasteiger partial charge in [-0.2, -0.15) is 0 Å². The smallest absolute Gasteiger partial charge is 0.119 e. The second-order valence-electron chi connectivity index (χ2n) is 9.12. The number of hydrogen-bond donors (Lipinski definition) is 1. The molecule has 166 valence electrons. The summed E-state index contributed by atoms with van der Waals surface area (Å²) in [4.78, 5) is 0. The molecule has 0 aliphatic carbocycles. The molecule has 32 heavy (non-hydrogen) atoms. The van der Waals surface area contributed by atoms with Gasteiger partial charge < -0.3 is 19.7 Å². The lowest BCUT2D eigenvalue weighted by molar-refractivity contribution is -0.899. The summed E-state index contributed by atoms with van der Waals surface area (Å²) in [5, 5.41) is 21.6. The minimum absolute atomic E-state index is 0.0809. The van der Waals surface area contributed by atoms with Crippen LogP contribution in [0.3, 0.4) is 0 Å². The number of nitrogens with zero attached hydrogens (tertiary/aromatic N) is 1. The van der Waals surface area contributed by atoms with Gasteiger partial charge in [-0.1, -0.05) is 78.9 Å². The minimum atomic E-state index is -0.931. The van der Waals surface area contributed by atoms with Crippen molar-refractivity contribution in [3.63, 3.8) is 0 Å². The molecule has 1 unspecified atom stereocenters. The topological polar surface area (TPSA) is 56.1 Å². The van der Waals surface area contributed by atoms with Crippen molar-refractivity contribution in [3.05, 3.63) is 102 Å². The molecule has 4 rings (SSSR count). The maximum atomic E-state index is 13.1. The molecule has 4 nitrogen and oxygen atoms in total. The monoisotopic (exact) mass is 428 g/mol. The van der Waals surface area contributed by atoms with Gasteiger partial charge in [0, 0.05) is 18.8 Å². The molecule has 3 aromatic rings. The number of likely N-dealkylation sites (tertiary alicyclic amines) is 1. The lowest BCUT2D eigenvalue weighted by Crippen LogP contribution is -2.52. The summed E-state index contributed by atoms with van der Waals surface area (Å²) in [6.07, 6.45) is 1.88. The highest BCUT2D eigenvalue weighted by Gasteiger charge is 2.49. The average Bonchev–Trinajstić information content (AvgIpc) is 3.21. The van der Waals surface area contributed by atoms with Crippen LogP contribution in [0.1, 0.15) is 24.0 Å². The molecule has 1 heterocycles. The summed E-state index contributed by atoms with van der Waals surface area (Å²) < 4.78 is 6.79. The van der Waals surface area contributed by atoms with Gasteiger partial charge in [-0.15, -0.1) is 0 Å². The van der Waals surface area contributed by atoms with E-state index < -0.39 is 11.3 Å². The molecule has 1 fully saturated rings. The standard InChI is InChI=1S/C28H32N2O2/c1-30(19-11-21-32-26-16-9-4-10-17-26)20-18-25(22-30)28(27(29)31,23-12-5-2-6-13-23)24-14-7-3-8-15-24/h2-10,12-17,25H,11,18-22H2,1H3,(H-,29,31)/t25?,30-/m1/s1. The molecule has 0 spiro atoms. The molecule has 3 aromatic carbocycles. The van der Waals surface area contributed by atoms with Crippen molar-refractivity contribution >= 4 is 5.90 Å². The molecule has 0 amide bonds. The van der Waals surface area contributed by atoms with Crippen LogP contribution in [0.5, 0.6) is 5.75 Å². The maximum Gasteiger partial charge on any atom is 0.119 e. The summed E-state index contributed by atoms with van der Waals surface area (Å²) in [6, 6.07) is 29.8. The summed E-state index contributed by atoms with van der Waals surface area (Å²) in [7, 11) is 2.28. The van der Waals surface area contributed by atoms with E-state index in [-0.39, 0.29) is 5.92 Å². The summed E-state index contributed by atoms with van der Waals surface area (Å²) in [5.41, 5.74) is 0.924. The van der Waals surface area contributed by atoms with Gasteiger partial charge in [0.05, 0.1) is 38.7 Å². The number of benzene rings is 3. The van der Waals surface area contributed by atoms with Gasteiger partial charge in [-0.25, -0.2) is 0 Å². The highest BCUT2D eigenvalue weighted by atomic mass is 16.5. The fourth-order valence-electron chi connectivity index (χ4n) is 5.38. The Hall–Kier alpha value is -3.11. The van der Waals surface area contributed by atoms with Crippen LogP contribution in [-0.2, 0) is 5.41 Å². The lowest BCUT2D eigenvalue weighted by atomic mass is 9.65. The normalized spacial score (nSPS) is 20.7. The summed E-state index contributed by atoms with van der Waals surface area (Å²) in [6.45, 7) is 3.56. The van der Waals surface area contributed by atoms with E-state index in [0.29, 0.717) is 6.61 Å². The molecule has 2 atom stereocenters. The second-order valence-corrected chi connectivity index (χ2v) is 9.12. The fourth-order valence-corrected chi connectivity index (χ4v) is 5.38. The van der Waals surface area contributed by atoms with Gasteiger partial charge in [0.2, 0.25) is 0 Å². The molecule has 1 aliphatic rings. The first-order valence-electron chi connectivity index (χ1n) is 11.4. The van der Waals surface area contributed by atoms with E-state index in [0.717, 1.165) is 53.8 Å². The van der Waals surface area contributed by atoms with E-state index >= 15 is 0 Å². The molecule has 0 saturated carbocycles. The Labute approximate surface area is 191 Å². The van der Waals surface area contributed by atoms with E-state index in [4.69, 9.17) is 10.1 Å². The van der Waals surface area contributed by atoms with Crippen LogP contribution < -0.4 is 9.84 Å². The van der Waals surface area contributed by atoms with Gasteiger partial charge in [-0.3, -0.25) is 0 Å². The van der Waals surface area contributed by atoms with Crippen molar-refractivity contribution in [1.29, 1.82) is 5.41 Å². The van der Waals surface area contributed by atoms with E-state index in [9.17, 15) is 5.11 Å². The Morgan fingerprint density at radius 3 is 2.00 bits per heavy atom. The Morgan fingerprint density at radius 1 is 0.938 bits per heavy atom. The molecule has 4 heteroatoms. The molecule has 0 aromatic heterocycles. The Kier molecular flexibility index (Phi) is 6.61. The van der Waals surface area contributed by atoms with Crippen LogP contribution in [-0.4, -0.2) is 43.7 Å². The van der Waals surface area contributed by atoms with Crippen LogP contribution in [0, 0.1) is 11.3 Å². The van der Waals surface area contributed by atoms with E-state index in [1.54, 1.807) is 0 Å². The van der Waals surface area contributed by atoms with Crippen molar-refractivity contribution in [1.82, 2.24) is 0 Å². The zero-order valence-electron chi connectivity index (χ0n) is 18.7. The van der Waals surface area contributed by atoms with E-state index in [2.05, 4.69) is 7.05 Å². The first-order valence-corrected chi connectivity index (χ1v) is 11.4. The van der Waals surface area contributed by atoms with Gasteiger partial charge in [0.25, 0.3) is 0 Å². The Bertz CT molecular complexity index is 968. The van der Waals surface area contributed by atoms with Crippen molar-refractivity contribution in [2.45, 2.75) is 18.3 Å². The maximum absolute atomic E-state index is 13.1. The lowest BCUT2D eigenvalue weighted by Gasteiger charge is -2.43. The highest BCUT2D eigenvalue weighted by molar-refractivity contribution is 5.87. The fraction of sp³-hybridized carbons (Fsp3) is 0.321. The highest BCUT2D eigenvalue weighted by Crippen LogP contribution is 2.45. The first kappa shape index (κ1) is 22.1. The SMILES string of the molecule is C[N@@+]1(CCCOc2ccccc2)CCC(C(C(=N)[O-])(c2ccccc2)c2ccccc2)C1. The third kappa shape index (κ3) is 4.42. The van der Waals surface area contributed by atoms with Gasteiger partial charge in [-0.05, 0) is 29.2 Å². The van der Waals surface area contributed by atoms with Crippen molar-refractivity contribution in [2.24, 2.45) is 5.92 Å². The molecular weight excluding hydrogens is 396 g/mol. The van der Waals surface area contributed by atoms with Crippen LogP contribution in [0.2, 0.25) is 0 Å². The Balaban J connectivity index is 1.54. The number of nitrogens with one attached hydrogen (secondary N) is 1. The van der Waals surface area contributed by atoms with Crippen LogP contribution in [0.4, 0.5) is 0 Å². The summed E-state index contributed by atoms with van der Waals surface area (Å²) >= 11 is 0. The predicted octanol–water partition coefficient (Wildman–Crippen LogP) is 4.25. The number of rotatable bonds is 9. The molecule has 1 aliphatic heterocycles. The van der Waals surface area contributed by atoms with Gasteiger partial charge in [0.15, 0.2) is 0 Å². The zero-order valence-corrected chi connectivity index (χ0v) is 18.7. The van der Waals surface area contributed by atoms with Crippen LogP contribution >= 0.6 is 0 Å². The minimum Gasteiger partial charge on any atom is -0.861 e. The van der Waals surface area contributed by atoms with Crippen molar-refractivity contribution in [3.8, 4) is 5.75 Å². The molecule has 1 N–H and O–H groups in total. The largest absolute Gasteiger partial charge is 0.861 e. The first-order chi connectivity index (χ1) is 15.5. The van der Waals surface area contributed by atoms with Crippen LogP contribution in [0.15, 0.2) is 91.0 Å². The van der Waals surface area contributed by atoms with E-state index in [1.807, 2.05) is 91.0 Å². The van der Waals surface area contributed by atoms with Crippen molar-refractivity contribution in [2.75, 3.05) is 33.3 Å². The quantitative estimate of drug-likeness (QED) is 0.240. The van der Waals surface area contributed by atoms with E-state index in [1.165, 1.54) is 0 Å². The van der Waals surface area contributed by atoms with Crippen molar-refractivity contribution < 1.29 is 14.3 Å². The molecule has 1 saturated heterocycles.